The molecule has 0 heterocycles. The van der Waals surface area contributed by atoms with Crippen LogP contribution in [0.1, 0.15) is 26.3 Å². The highest BCUT2D eigenvalue weighted by atomic mass is 16.5. The van der Waals surface area contributed by atoms with Crippen molar-refractivity contribution in [3.05, 3.63) is 35.9 Å². The maximum Gasteiger partial charge on any atom is 0.311 e. The summed E-state index contributed by atoms with van der Waals surface area (Å²) in [7, 11) is 0. The summed E-state index contributed by atoms with van der Waals surface area (Å²) in [6.45, 7) is 5.71. The number of aliphatic hydroxyl groups excluding tert-OH is 1. The van der Waals surface area contributed by atoms with E-state index < -0.39 is 12.0 Å². The summed E-state index contributed by atoms with van der Waals surface area (Å²) in [6.07, 6.45) is -0.654. The quantitative estimate of drug-likeness (QED) is 0.798. The van der Waals surface area contributed by atoms with Crippen LogP contribution in [0.25, 0.3) is 0 Å². The van der Waals surface area contributed by atoms with Crippen LogP contribution < -0.4 is 0 Å². The first kappa shape index (κ1) is 13.7. The normalized spacial score (nSPS) is 14.4. The first-order valence-corrected chi connectivity index (χ1v) is 5.91. The summed E-state index contributed by atoms with van der Waals surface area (Å²) in [5, 5.41) is 9.76. The molecule has 0 unspecified atom stereocenters. The molecule has 0 bridgehead atoms. The van der Waals surface area contributed by atoms with Crippen LogP contribution in [0.3, 0.4) is 0 Å². The third-order valence-corrected chi connectivity index (χ3v) is 2.79. The van der Waals surface area contributed by atoms with Gasteiger partial charge < -0.3 is 9.84 Å². The SMILES string of the molecule is CC(C)[C@H](O)[C@@H](C)C(=O)OCc1ccccc1. The Morgan fingerprint density at radius 1 is 1.24 bits per heavy atom. The third kappa shape index (κ3) is 4.19. The first-order valence-electron chi connectivity index (χ1n) is 5.91. The molecule has 0 aliphatic rings. The van der Waals surface area contributed by atoms with Crippen LogP contribution in [-0.2, 0) is 16.1 Å². The monoisotopic (exact) mass is 236 g/mol. The van der Waals surface area contributed by atoms with Crippen LogP contribution in [0.4, 0.5) is 0 Å². The summed E-state index contributed by atoms with van der Waals surface area (Å²) < 4.78 is 5.16. The van der Waals surface area contributed by atoms with Gasteiger partial charge in [-0.15, -0.1) is 0 Å². The summed E-state index contributed by atoms with van der Waals surface area (Å²) in [5.74, 6) is -0.789. The van der Waals surface area contributed by atoms with Crippen molar-refractivity contribution in [3.8, 4) is 0 Å². The van der Waals surface area contributed by atoms with Crippen LogP contribution in [0, 0.1) is 11.8 Å². The van der Waals surface area contributed by atoms with E-state index in [1.807, 2.05) is 44.2 Å². The van der Waals surface area contributed by atoms with Crippen LogP contribution in [-0.4, -0.2) is 17.2 Å². The van der Waals surface area contributed by atoms with Crippen molar-refractivity contribution in [2.24, 2.45) is 11.8 Å². The van der Waals surface area contributed by atoms with Gasteiger partial charge in [0.15, 0.2) is 0 Å². The van der Waals surface area contributed by atoms with Gasteiger partial charge in [-0.25, -0.2) is 0 Å². The zero-order valence-corrected chi connectivity index (χ0v) is 10.6. The Morgan fingerprint density at radius 2 is 1.82 bits per heavy atom. The van der Waals surface area contributed by atoms with E-state index in [4.69, 9.17) is 4.74 Å². The largest absolute Gasteiger partial charge is 0.461 e. The fourth-order valence-electron chi connectivity index (χ4n) is 1.58. The van der Waals surface area contributed by atoms with E-state index in [0.717, 1.165) is 5.56 Å². The highest BCUT2D eigenvalue weighted by molar-refractivity contribution is 5.72. The van der Waals surface area contributed by atoms with E-state index in [1.54, 1.807) is 6.92 Å². The Hall–Kier alpha value is -1.35. The Balaban J connectivity index is 2.45. The lowest BCUT2D eigenvalue weighted by Gasteiger charge is -2.20. The number of aliphatic hydroxyl groups is 1. The van der Waals surface area contributed by atoms with E-state index >= 15 is 0 Å². The van der Waals surface area contributed by atoms with E-state index in [1.165, 1.54) is 0 Å². The maximum absolute atomic E-state index is 11.7. The number of hydrogen-bond acceptors (Lipinski definition) is 3. The van der Waals surface area contributed by atoms with Crippen molar-refractivity contribution >= 4 is 5.97 Å². The highest BCUT2D eigenvalue weighted by Gasteiger charge is 2.25. The van der Waals surface area contributed by atoms with Gasteiger partial charge in [-0.2, -0.15) is 0 Å². The average Bonchev–Trinajstić information content (AvgIpc) is 2.35. The summed E-state index contributed by atoms with van der Waals surface area (Å²) in [5.41, 5.74) is 0.951. The number of carbonyl (C=O) groups is 1. The predicted molar refractivity (Wildman–Crippen MR) is 66.2 cm³/mol. The molecule has 0 aromatic heterocycles. The lowest BCUT2D eigenvalue weighted by atomic mass is 9.95. The number of rotatable bonds is 5. The van der Waals surface area contributed by atoms with E-state index in [2.05, 4.69) is 0 Å². The average molecular weight is 236 g/mol. The second-order valence-corrected chi connectivity index (χ2v) is 4.62. The number of benzene rings is 1. The molecule has 0 radical (unpaired) electrons. The molecule has 0 saturated heterocycles. The van der Waals surface area contributed by atoms with Gasteiger partial charge >= 0.3 is 5.97 Å². The second kappa shape index (κ2) is 6.40. The molecule has 0 aliphatic carbocycles. The van der Waals surface area contributed by atoms with Crippen molar-refractivity contribution in [1.82, 2.24) is 0 Å². The molecule has 0 amide bonds. The second-order valence-electron chi connectivity index (χ2n) is 4.62. The zero-order valence-electron chi connectivity index (χ0n) is 10.6. The standard InChI is InChI=1S/C14H20O3/c1-10(2)13(15)11(3)14(16)17-9-12-7-5-4-6-8-12/h4-8,10-11,13,15H,9H2,1-3H3/t11-,13+/m1/s1. The van der Waals surface area contributed by atoms with Crippen LogP contribution in [0.15, 0.2) is 30.3 Å². The Labute approximate surface area is 102 Å². The lowest BCUT2D eigenvalue weighted by molar-refractivity contribution is -0.154. The number of carbonyl (C=O) groups excluding carboxylic acids is 1. The lowest BCUT2D eigenvalue weighted by Crippen LogP contribution is -2.31. The van der Waals surface area contributed by atoms with Crippen molar-refractivity contribution < 1.29 is 14.6 Å². The molecule has 0 saturated carbocycles. The van der Waals surface area contributed by atoms with Gasteiger partial charge in [0.05, 0.1) is 12.0 Å². The smallest absolute Gasteiger partial charge is 0.311 e. The molecule has 1 aromatic rings. The molecule has 17 heavy (non-hydrogen) atoms. The van der Waals surface area contributed by atoms with Crippen LogP contribution in [0.2, 0.25) is 0 Å². The van der Waals surface area contributed by atoms with Crippen LogP contribution in [0.5, 0.6) is 0 Å². The van der Waals surface area contributed by atoms with Gasteiger partial charge in [0, 0.05) is 0 Å². The van der Waals surface area contributed by atoms with Crippen molar-refractivity contribution in [2.45, 2.75) is 33.5 Å². The minimum atomic E-state index is -0.654. The van der Waals surface area contributed by atoms with Gasteiger partial charge in [-0.05, 0) is 18.4 Å². The van der Waals surface area contributed by atoms with Gasteiger partial charge in [0.1, 0.15) is 6.61 Å². The number of hydrogen-bond donors (Lipinski definition) is 1. The maximum atomic E-state index is 11.7. The molecule has 94 valence electrons. The van der Waals surface area contributed by atoms with Gasteiger partial charge in [-0.1, -0.05) is 44.2 Å². The molecule has 1 rings (SSSR count). The number of ether oxygens (including phenoxy) is 1. The fraction of sp³-hybridized carbons (Fsp3) is 0.500. The Bertz CT molecular complexity index is 346. The van der Waals surface area contributed by atoms with Crippen molar-refractivity contribution in [3.63, 3.8) is 0 Å². The van der Waals surface area contributed by atoms with E-state index in [9.17, 15) is 9.90 Å². The molecule has 1 N–H and O–H groups in total. The van der Waals surface area contributed by atoms with Crippen molar-refractivity contribution in [2.75, 3.05) is 0 Å². The molecule has 3 nitrogen and oxygen atoms in total. The molecule has 0 fully saturated rings. The zero-order chi connectivity index (χ0) is 12.8. The van der Waals surface area contributed by atoms with Crippen LogP contribution >= 0.6 is 0 Å². The van der Waals surface area contributed by atoms with Gasteiger partial charge in [-0.3, -0.25) is 4.79 Å². The van der Waals surface area contributed by atoms with E-state index in [0.29, 0.717) is 0 Å². The fourth-order valence-corrected chi connectivity index (χ4v) is 1.58. The number of esters is 1. The highest BCUT2D eigenvalue weighted by Crippen LogP contribution is 2.14. The van der Waals surface area contributed by atoms with E-state index in [-0.39, 0.29) is 18.5 Å². The van der Waals surface area contributed by atoms with Gasteiger partial charge in [0.25, 0.3) is 0 Å². The predicted octanol–water partition coefficient (Wildman–Crippen LogP) is 2.38. The van der Waals surface area contributed by atoms with Crippen molar-refractivity contribution in [1.29, 1.82) is 0 Å². The molecule has 2 atom stereocenters. The Kier molecular flexibility index (Phi) is 5.16. The topological polar surface area (TPSA) is 46.5 Å². The first-order chi connectivity index (χ1) is 8.02. The molecular weight excluding hydrogens is 216 g/mol. The molecule has 0 aliphatic heterocycles. The molecule has 3 heteroatoms. The minimum absolute atomic E-state index is 0.0503. The summed E-state index contributed by atoms with van der Waals surface area (Å²) >= 11 is 0. The Morgan fingerprint density at radius 3 is 2.35 bits per heavy atom. The molecular formula is C14H20O3. The van der Waals surface area contributed by atoms with Gasteiger partial charge in [0.2, 0.25) is 0 Å². The molecule has 1 aromatic carbocycles. The third-order valence-electron chi connectivity index (χ3n) is 2.79. The molecule has 0 spiro atoms. The summed E-state index contributed by atoms with van der Waals surface area (Å²) in [6, 6.07) is 9.51. The summed E-state index contributed by atoms with van der Waals surface area (Å²) in [4.78, 5) is 11.7. The minimum Gasteiger partial charge on any atom is -0.461 e.